The van der Waals surface area contributed by atoms with Crippen molar-refractivity contribution >= 4 is 33.4 Å². The van der Waals surface area contributed by atoms with E-state index in [-0.39, 0.29) is 0 Å². The van der Waals surface area contributed by atoms with Crippen LogP contribution in [0.5, 0.6) is 0 Å². The highest BCUT2D eigenvalue weighted by Crippen LogP contribution is 2.37. The van der Waals surface area contributed by atoms with Crippen LogP contribution < -0.4 is 10.6 Å². The Labute approximate surface area is 268 Å². The fourth-order valence-electron chi connectivity index (χ4n) is 6.96. The number of hydrogen-bond donors (Lipinski definition) is 4. The first-order chi connectivity index (χ1) is 21.7. The minimum absolute atomic E-state index is 0.420. The van der Waals surface area contributed by atoms with Crippen molar-refractivity contribution in [3.63, 3.8) is 0 Å². The molecule has 0 aliphatic rings. The molecule has 0 saturated heterocycles. The van der Waals surface area contributed by atoms with Gasteiger partial charge >= 0.3 is 0 Å². The van der Waals surface area contributed by atoms with Gasteiger partial charge in [0.1, 0.15) is 6.42 Å². The van der Waals surface area contributed by atoms with Crippen molar-refractivity contribution in [1.82, 2.24) is 10.6 Å². The normalized spacial score (nSPS) is 13.5. The van der Waals surface area contributed by atoms with Gasteiger partial charge in [-0.3, -0.25) is 9.59 Å². The highest BCUT2D eigenvalue weighted by Gasteiger charge is 2.39. The van der Waals surface area contributed by atoms with Crippen LogP contribution in [0.25, 0.3) is 21.5 Å². The minimum Gasteiger partial charge on any atom is -0.387 e. The number of benzene rings is 4. The summed E-state index contributed by atoms with van der Waals surface area (Å²) in [4.78, 5) is 27.2. The summed E-state index contributed by atoms with van der Waals surface area (Å²) in [5, 5.41) is 34.2. The number of nitrogens with one attached hydrogen (secondary N) is 2. The van der Waals surface area contributed by atoms with Gasteiger partial charge in [0, 0.05) is 0 Å². The van der Waals surface area contributed by atoms with Gasteiger partial charge in [-0.25, -0.2) is 0 Å². The lowest BCUT2D eigenvalue weighted by Gasteiger charge is -2.38. The Morgan fingerprint density at radius 1 is 0.556 bits per heavy atom. The number of aliphatic hydroxyl groups is 2. The highest BCUT2D eigenvalue weighted by molar-refractivity contribution is 5.97. The Balaban J connectivity index is 1.62. The largest absolute Gasteiger partial charge is 0.387 e. The number of carbonyl (C=O) groups is 2. The van der Waals surface area contributed by atoms with Crippen LogP contribution in [-0.2, 0) is 9.59 Å². The maximum Gasteiger partial charge on any atom is 0.230 e. The molecular formula is C39H50N2O4. The van der Waals surface area contributed by atoms with Crippen molar-refractivity contribution < 1.29 is 19.8 Å². The fourth-order valence-corrected chi connectivity index (χ4v) is 6.96. The SMILES string of the molecule is CCCC(O)(CCC)C(NC(=O)CC(=O)NC(c1ccc2ccccc2c1)C(O)(CCC)CCC)c1ccc2ccccc2c1. The molecule has 0 bridgehead atoms. The maximum atomic E-state index is 13.6. The molecule has 0 aliphatic heterocycles. The molecule has 6 heteroatoms. The summed E-state index contributed by atoms with van der Waals surface area (Å²) in [5.74, 6) is -0.939. The molecule has 0 heterocycles. The van der Waals surface area contributed by atoms with Gasteiger partial charge in [-0.1, -0.05) is 126 Å². The van der Waals surface area contributed by atoms with Crippen LogP contribution in [-0.4, -0.2) is 33.2 Å². The molecule has 0 spiro atoms. The van der Waals surface area contributed by atoms with Crippen LogP contribution in [0.3, 0.4) is 0 Å². The second-order valence-electron chi connectivity index (χ2n) is 12.6. The lowest BCUT2D eigenvalue weighted by Crippen LogP contribution is -2.49. The number of fused-ring (bicyclic) bond motifs is 2. The van der Waals surface area contributed by atoms with Crippen molar-refractivity contribution in [1.29, 1.82) is 0 Å². The van der Waals surface area contributed by atoms with Gasteiger partial charge in [-0.05, 0) is 70.5 Å². The molecule has 2 amide bonds. The Morgan fingerprint density at radius 2 is 0.889 bits per heavy atom. The summed E-state index contributed by atoms with van der Waals surface area (Å²) in [6, 6.07) is 26.6. The molecule has 0 saturated carbocycles. The van der Waals surface area contributed by atoms with E-state index in [1.54, 1.807) is 0 Å². The van der Waals surface area contributed by atoms with Gasteiger partial charge in [-0.2, -0.15) is 0 Å². The Kier molecular flexibility index (Phi) is 11.8. The van der Waals surface area contributed by atoms with Crippen molar-refractivity contribution in [2.75, 3.05) is 0 Å². The van der Waals surface area contributed by atoms with Crippen LogP contribution >= 0.6 is 0 Å². The zero-order valence-electron chi connectivity index (χ0n) is 27.3. The molecule has 4 aromatic carbocycles. The molecule has 0 radical (unpaired) electrons. The van der Waals surface area contributed by atoms with E-state index in [0.29, 0.717) is 25.7 Å². The van der Waals surface area contributed by atoms with Gasteiger partial charge < -0.3 is 20.8 Å². The summed E-state index contributed by atoms with van der Waals surface area (Å²) in [6.45, 7) is 8.09. The van der Waals surface area contributed by atoms with E-state index in [1.807, 2.05) is 113 Å². The van der Waals surface area contributed by atoms with Gasteiger partial charge in [-0.15, -0.1) is 0 Å². The maximum absolute atomic E-state index is 13.6. The van der Waals surface area contributed by atoms with E-state index in [9.17, 15) is 19.8 Å². The van der Waals surface area contributed by atoms with Crippen molar-refractivity contribution in [3.05, 3.63) is 96.1 Å². The molecule has 2 atom stereocenters. The van der Waals surface area contributed by atoms with Crippen LogP contribution in [0.2, 0.25) is 0 Å². The Morgan fingerprint density at radius 3 is 1.22 bits per heavy atom. The van der Waals surface area contributed by atoms with Crippen LogP contribution in [0, 0.1) is 0 Å². The van der Waals surface area contributed by atoms with Crippen LogP contribution in [0.1, 0.15) is 109 Å². The smallest absolute Gasteiger partial charge is 0.230 e. The van der Waals surface area contributed by atoms with Gasteiger partial charge in [0.15, 0.2) is 0 Å². The van der Waals surface area contributed by atoms with Gasteiger partial charge in [0.05, 0.1) is 23.3 Å². The van der Waals surface area contributed by atoms with E-state index < -0.39 is 41.5 Å². The van der Waals surface area contributed by atoms with E-state index in [0.717, 1.165) is 58.4 Å². The van der Waals surface area contributed by atoms with Gasteiger partial charge in [0.2, 0.25) is 11.8 Å². The first kappa shape index (κ1) is 34.1. The lowest BCUT2D eigenvalue weighted by atomic mass is 9.80. The second kappa shape index (κ2) is 15.5. The third kappa shape index (κ3) is 8.30. The third-order valence-corrected chi connectivity index (χ3v) is 8.95. The lowest BCUT2D eigenvalue weighted by molar-refractivity contribution is -0.133. The van der Waals surface area contributed by atoms with Crippen molar-refractivity contribution in [2.24, 2.45) is 0 Å². The predicted octanol–water partition coefficient (Wildman–Crippen LogP) is 8.06. The van der Waals surface area contributed by atoms with E-state index in [4.69, 9.17) is 0 Å². The van der Waals surface area contributed by atoms with E-state index >= 15 is 0 Å². The molecule has 0 fully saturated rings. The van der Waals surface area contributed by atoms with Crippen molar-refractivity contribution in [3.8, 4) is 0 Å². The molecule has 45 heavy (non-hydrogen) atoms. The van der Waals surface area contributed by atoms with Crippen molar-refractivity contribution in [2.45, 2.75) is 109 Å². The number of hydrogen-bond acceptors (Lipinski definition) is 4. The summed E-state index contributed by atoms with van der Waals surface area (Å²) < 4.78 is 0. The highest BCUT2D eigenvalue weighted by atomic mass is 16.3. The standard InChI is InChI=1S/C39H50N2O4/c1-5-21-38(44,22-6-2)36(32-19-17-28-13-9-11-15-30(28)25-32)40-34(42)27-35(43)41-37(39(45,23-7-3)24-8-4)33-20-18-29-14-10-12-16-31(29)26-33/h9-20,25-26,36-37,44-45H,5-8,21-24,27H2,1-4H3,(H,40,42)(H,41,43). The Bertz CT molecular complexity index is 1450. The quantitative estimate of drug-likeness (QED) is 0.0965. The predicted molar refractivity (Wildman–Crippen MR) is 184 cm³/mol. The third-order valence-electron chi connectivity index (χ3n) is 8.95. The first-order valence-electron chi connectivity index (χ1n) is 16.7. The van der Waals surface area contributed by atoms with E-state index in [1.165, 1.54) is 0 Å². The molecular weight excluding hydrogens is 560 g/mol. The molecule has 0 aromatic heterocycles. The first-order valence-corrected chi connectivity index (χ1v) is 16.7. The number of amides is 2. The fraction of sp³-hybridized carbons (Fsp3) is 0.436. The van der Waals surface area contributed by atoms with E-state index in [2.05, 4.69) is 10.6 Å². The molecule has 4 N–H and O–H groups in total. The zero-order chi connectivity index (χ0) is 32.5. The summed E-state index contributed by atoms with van der Waals surface area (Å²) in [5.41, 5.74) is -0.732. The molecule has 4 rings (SSSR count). The summed E-state index contributed by atoms with van der Waals surface area (Å²) in [7, 11) is 0. The summed E-state index contributed by atoms with van der Waals surface area (Å²) in [6.07, 6.45) is 4.61. The number of carbonyl (C=O) groups excluding carboxylic acids is 2. The monoisotopic (exact) mass is 610 g/mol. The minimum atomic E-state index is -1.17. The second-order valence-corrected chi connectivity index (χ2v) is 12.6. The zero-order valence-corrected chi connectivity index (χ0v) is 27.3. The number of rotatable bonds is 16. The topological polar surface area (TPSA) is 98.7 Å². The molecule has 240 valence electrons. The van der Waals surface area contributed by atoms with Gasteiger partial charge in [0.25, 0.3) is 0 Å². The molecule has 6 nitrogen and oxygen atoms in total. The molecule has 2 unspecified atom stereocenters. The average molecular weight is 611 g/mol. The average Bonchev–Trinajstić information content (AvgIpc) is 3.02. The van der Waals surface area contributed by atoms with Crippen LogP contribution in [0.4, 0.5) is 0 Å². The van der Waals surface area contributed by atoms with Crippen LogP contribution in [0.15, 0.2) is 84.9 Å². The summed E-state index contributed by atoms with van der Waals surface area (Å²) >= 11 is 0. The molecule has 4 aromatic rings. The Hall–Kier alpha value is -3.74. The molecule has 0 aliphatic carbocycles.